The maximum Gasteiger partial charge on any atom is 0.122 e. The van der Waals surface area contributed by atoms with Crippen LogP contribution in [0, 0.1) is 11.8 Å². The Bertz CT molecular complexity index is 189. The Morgan fingerprint density at radius 3 is 3.00 bits per heavy atom. The van der Waals surface area contributed by atoms with Gasteiger partial charge in [0.05, 0.1) is 12.3 Å². The molecule has 1 aliphatic carbocycles. The average Bonchev–Trinajstić information content (AvgIpc) is 2.53. The molecule has 0 spiro atoms. The summed E-state index contributed by atoms with van der Waals surface area (Å²) in [6.07, 6.45) is 3.38. The molecule has 0 radical (unpaired) electrons. The van der Waals surface area contributed by atoms with Crippen LogP contribution in [0.5, 0.6) is 0 Å². The van der Waals surface area contributed by atoms with E-state index in [-0.39, 0.29) is 0 Å². The van der Waals surface area contributed by atoms with Gasteiger partial charge in [0.25, 0.3) is 0 Å². The molecule has 3 nitrogen and oxygen atoms in total. The normalized spacial score (nSPS) is 32.8. The van der Waals surface area contributed by atoms with Crippen LogP contribution in [0.3, 0.4) is 0 Å². The summed E-state index contributed by atoms with van der Waals surface area (Å²) in [4.78, 5) is 5.28. The Morgan fingerprint density at radius 1 is 1.54 bits per heavy atom. The summed E-state index contributed by atoms with van der Waals surface area (Å²) in [6.45, 7) is 4.71. The van der Waals surface area contributed by atoms with Crippen molar-refractivity contribution in [3.05, 3.63) is 0 Å². The lowest BCUT2D eigenvalue weighted by Crippen LogP contribution is -2.21. The molecule has 2 aliphatic rings. The maximum absolute atomic E-state index is 5.28. The van der Waals surface area contributed by atoms with Crippen molar-refractivity contribution in [3.63, 3.8) is 0 Å². The molecule has 1 saturated carbocycles. The molecule has 74 valence electrons. The lowest BCUT2D eigenvalue weighted by Gasteiger charge is -2.22. The molecule has 1 atom stereocenters. The fourth-order valence-corrected chi connectivity index (χ4v) is 1.77. The summed E-state index contributed by atoms with van der Waals surface area (Å²) < 4.78 is 5.24. The largest absolute Gasteiger partial charge is 0.395 e. The minimum Gasteiger partial charge on any atom is -0.395 e. The maximum atomic E-state index is 5.28. The lowest BCUT2D eigenvalue weighted by molar-refractivity contribution is 0.0934. The minimum absolute atomic E-state index is 0.571. The first-order valence-corrected chi connectivity index (χ1v) is 5.10. The van der Waals surface area contributed by atoms with Gasteiger partial charge in [-0.05, 0) is 25.2 Å². The quantitative estimate of drug-likeness (QED) is 0.625. The van der Waals surface area contributed by atoms with E-state index in [4.69, 9.17) is 9.57 Å². The van der Waals surface area contributed by atoms with E-state index in [1.165, 1.54) is 5.71 Å². The second kappa shape index (κ2) is 4.09. The molecule has 1 saturated heterocycles. The molecule has 0 N–H and O–H groups in total. The fourth-order valence-electron chi connectivity index (χ4n) is 1.77. The Kier molecular flexibility index (Phi) is 2.83. The Balaban J connectivity index is 1.60. The highest BCUT2D eigenvalue weighted by Crippen LogP contribution is 2.23. The zero-order valence-corrected chi connectivity index (χ0v) is 8.16. The van der Waals surface area contributed by atoms with Crippen molar-refractivity contribution in [3.8, 4) is 0 Å². The molecule has 13 heavy (non-hydrogen) atoms. The van der Waals surface area contributed by atoms with Crippen LogP contribution in [0.1, 0.15) is 26.2 Å². The molecule has 2 fully saturated rings. The third-order valence-electron chi connectivity index (χ3n) is 2.70. The van der Waals surface area contributed by atoms with Crippen LogP contribution in [0.25, 0.3) is 0 Å². The van der Waals surface area contributed by atoms with Crippen molar-refractivity contribution in [2.45, 2.75) is 26.2 Å². The highest BCUT2D eigenvalue weighted by atomic mass is 16.6. The molecule has 0 aromatic heterocycles. The third-order valence-corrected chi connectivity index (χ3v) is 2.70. The molecule has 1 heterocycles. The van der Waals surface area contributed by atoms with Gasteiger partial charge in [-0.1, -0.05) is 12.1 Å². The average molecular weight is 183 g/mol. The molecular formula is C10H17NO2. The molecular weight excluding hydrogens is 166 g/mol. The van der Waals surface area contributed by atoms with Gasteiger partial charge in [0.2, 0.25) is 0 Å². The van der Waals surface area contributed by atoms with Gasteiger partial charge in [0, 0.05) is 12.5 Å². The smallest absolute Gasteiger partial charge is 0.122 e. The van der Waals surface area contributed by atoms with E-state index in [9.17, 15) is 0 Å². The van der Waals surface area contributed by atoms with E-state index in [1.54, 1.807) is 0 Å². The van der Waals surface area contributed by atoms with E-state index >= 15 is 0 Å². The van der Waals surface area contributed by atoms with Gasteiger partial charge in [-0.2, -0.15) is 0 Å². The van der Waals surface area contributed by atoms with E-state index < -0.39 is 0 Å². The zero-order valence-electron chi connectivity index (χ0n) is 8.16. The van der Waals surface area contributed by atoms with Crippen molar-refractivity contribution in [2.75, 3.05) is 19.8 Å². The van der Waals surface area contributed by atoms with Gasteiger partial charge in [0.1, 0.15) is 6.61 Å². The number of nitrogens with zero attached hydrogens (tertiary/aromatic N) is 1. The van der Waals surface area contributed by atoms with Gasteiger partial charge in [-0.15, -0.1) is 0 Å². The standard InChI is InChI=1S/C10H17NO2/c1-8-4-10(5-8)11-13-7-9-2-3-12-6-9/h8-9H,2-7H2,1H3. The summed E-state index contributed by atoms with van der Waals surface area (Å²) >= 11 is 0. The summed E-state index contributed by atoms with van der Waals surface area (Å²) in [5, 5.41) is 4.10. The van der Waals surface area contributed by atoms with Crippen molar-refractivity contribution >= 4 is 5.71 Å². The van der Waals surface area contributed by atoms with Gasteiger partial charge in [-0.25, -0.2) is 0 Å². The first-order valence-electron chi connectivity index (χ1n) is 5.10. The predicted molar refractivity (Wildman–Crippen MR) is 50.7 cm³/mol. The molecule has 1 unspecified atom stereocenters. The summed E-state index contributed by atoms with van der Waals surface area (Å²) in [7, 11) is 0. The number of rotatable bonds is 3. The molecule has 0 bridgehead atoms. The first kappa shape index (κ1) is 9.00. The van der Waals surface area contributed by atoms with Crippen molar-refractivity contribution in [1.82, 2.24) is 0 Å². The van der Waals surface area contributed by atoms with Crippen LogP contribution in [0.4, 0.5) is 0 Å². The van der Waals surface area contributed by atoms with Crippen LogP contribution in [0.2, 0.25) is 0 Å². The number of oxime groups is 1. The highest BCUT2D eigenvalue weighted by molar-refractivity contribution is 5.89. The predicted octanol–water partition coefficient (Wildman–Crippen LogP) is 1.83. The van der Waals surface area contributed by atoms with Crippen LogP contribution in [-0.4, -0.2) is 25.5 Å². The first-order chi connectivity index (χ1) is 6.34. The molecule has 0 amide bonds. The monoisotopic (exact) mass is 183 g/mol. The van der Waals surface area contributed by atoms with Gasteiger partial charge >= 0.3 is 0 Å². The van der Waals surface area contributed by atoms with E-state index in [1.807, 2.05) is 0 Å². The van der Waals surface area contributed by atoms with Crippen LogP contribution in [-0.2, 0) is 9.57 Å². The SMILES string of the molecule is CC1CC(=NOCC2CCOC2)C1. The Labute approximate surface area is 79.1 Å². The highest BCUT2D eigenvalue weighted by Gasteiger charge is 2.21. The van der Waals surface area contributed by atoms with E-state index in [0.717, 1.165) is 45.0 Å². The van der Waals surface area contributed by atoms with E-state index in [0.29, 0.717) is 5.92 Å². The van der Waals surface area contributed by atoms with Gasteiger partial charge < -0.3 is 9.57 Å². The Hall–Kier alpha value is -0.570. The summed E-state index contributed by atoms with van der Waals surface area (Å²) in [5.41, 5.74) is 1.23. The lowest BCUT2D eigenvalue weighted by atomic mass is 9.85. The molecule has 1 aliphatic heterocycles. The van der Waals surface area contributed by atoms with Gasteiger partial charge in [0.15, 0.2) is 0 Å². The number of ether oxygens (including phenoxy) is 1. The van der Waals surface area contributed by atoms with Crippen molar-refractivity contribution < 1.29 is 9.57 Å². The molecule has 3 heteroatoms. The molecule has 2 rings (SSSR count). The number of hydrogen-bond acceptors (Lipinski definition) is 3. The summed E-state index contributed by atoms with van der Waals surface area (Å²) in [6, 6.07) is 0. The van der Waals surface area contributed by atoms with Gasteiger partial charge in [-0.3, -0.25) is 0 Å². The minimum atomic E-state index is 0.571. The number of hydrogen-bond donors (Lipinski definition) is 0. The molecule has 0 aromatic carbocycles. The topological polar surface area (TPSA) is 30.8 Å². The third kappa shape index (κ3) is 2.44. The fraction of sp³-hybridized carbons (Fsp3) is 0.900. The van der Waals surface area contributed by atoms with Crippen LogP contribution >= 0.6 is 0 Å². The second-order valence-corrected chi connectivity index (χ2v) is 4.20. The van der Waals surface area contributed by atoms with Crippen LogP contribution < -0.4 is 0 Å². The van der Waals surface area contributed by atoms with Crippen molar-refractivity contribution in [2.24, 2.45) is 17.0 Å². The Morgan fingerprint density at radius 2 is 2.38 bits per heavy atom. The molecule has 0 aromatic rings. The summed E-state index contributed by atoms with van der Waals surface area (Å²) in [5.74, 6) is 1.39. The van der Waals surface area contributed by atoms with E-state index in [2.05, 4.69) is 12.1 Å². The zero-order chi connectivity index (χ0) is 9.10. The van der Waals surface area contributed by atoms with Crippen LogP contribution in [0.15, 0.2) is 5.16 Å². The second-order valence-electron chi connectivity index (χ2n) is 4.20. The van der Waals surface area contributed by atoms with Crippen molar-refractivity contribution in [1.29, 1.82) is 0 Å².